The van der Waals surface area contributed by atoms with Crippen LogP contribution in [0.2, 0.25) is 5.02 Å². The second-order valence-corrected chi connectivity index (χ2v) is 9.72. The van der Waals surface area contributed by atoms with Gasteiger partial charge in [0.05, 0.1) is 11.6 Å². The summed E-state index contributed by atoms with van der Waals surface area (Å²) in [5, 5.41) is 12.3. The zero-order valence-electron chi connectivity index (χ0n) is 20.8. The number of ether oxygens (including phenoxy) is 1. The van der Waals surface area contributed by atoms with E-state index in [9.17, 15) is 14.7 Å². The summed E-state index contributed by atoms with van der Waals surface area (Å²) >= 11 is 6.11. The fourth-order valence-electron chi connectivity index (χ4n) is 4.83. The third-order valence-corrected chi connectivity index (χ3v) is 6.82. The molecular weight excluding hydrogens is 514 g/mol. The number of carbonyl (C=O) groups is 2. The number of benzene rings is 4. The smallest absolute Gasteiger partial charge is 0.294 e. The van der Waals surface area contributed by atoms with Crippen LogP contribution in [0, 0.1) is 6.92 Å². The zero-order chi connectivity index (χ0) is 27.1. The summed E-state index contributed by atoms with van der Waals surface area (Å²) in [6.45, 7) is 1.91. The maximum absolute atomic E-state index is 13.9. The van der Waals surface area contributed by atoms with Gasteiger partial charge in [0.25, 0.3) is 5.91 Å². The molecule has 7 heteroatoms. The number of rotatable bonds is 6. The maximum atomic E-state index is 13.9. The van der Waals surface area contributed by atoms with Crippen molar-refractivity contribution in [1.82, 2.24) is 0 Å². The van der Waals surface area contributed by atoms with E-state index in [1.807, 2.05) is 55.5 Å². The highest BCUT2D eigenvalue weighted by molar-refractivity contribution is 6.31. The summed E-state index contributed by atoms with van der Waals surface area (Å²) in [7, 11) is 0. The second kappa shape index (κ2) is 9.82. The van der Waals surface area contributed by atoms with E-state index in [1.54, 1.807) is 54.6 Å². The Morgan fingerprint density at radius 1 is 0.897 bits per heavy atom. The number of anilines is 1. The minimum absolute atomic E-state index is 0.00519. The van der Waals surface area contributed by atoms with Crippen molar-refractivity contribution in [2.24, 2.45) is 0 Å². The van der Waals surface area contributed by atoms with Crippen molar-refractivity contribution in [1.29, 1.82) is 0 Å². The normalized spacial score (nSPS) is 15.3. The predicted octanol–water partition coefficient (Wildman–Crippen LogP) is 7.97. The Morgan fingerprint density at radius 2 is 1.67 bits per heavy atom. The number of aliphatic hydroxyl groups excluding tert-OH is 1. The molecule has 0 bridgehead atoms. The van der Waals surface area contributed by atoms with E-state index in [4.69, 9.17) is 20.8 Å². The molecule has 0 saturated heterocycles. The molecule has 1 aromatic heterocycles. The van der Waals surface area contributed by atoms with E-state index < -0.39 is 23.5 Å². The van der Waals surface area contributed by atoms with Crippen LogP contribution in [-0.2, 0) is 4.79 Å². The van der Waals surface area contributed by atoms with Crippen LogP contribution in [0.1, 0.15) is 27.7 Å². The topological polar surface area (TPSA) is 80.0 Å². The highest BCUT2D eigenvalue weighted by atomic mass is 35.5. The van der Waals surface area contributed by atoms with Gasteiger partial charge in [-0.2, -0.15) is 0 Å². The van der Waals surface area contributed by atoms with Gasteiger partial charge in [-0.15, -0.1) is 0 Å². The highest BCUT2D eigenvalue weighted by Crippen LogP contribution is 2.43. The van der Waals surface area contributed by atoms with Crippen molar-refractivity contribution >= 4 is 39.9 Å². The van der Waals surface area contributed by atoms with Crippen molar-refractivity contribution in [2.45, 2.75) is 13.0 Å². The minimum Gasteiger partial charge on any atom is -0.503 e. The van der Waals surface area contributed by atoms with Crippen LogP contribution in [0.3, 0.4) is 0 Å². The molecule has 0 fully saturated rings. The van der Waals surface area contributed by atoms with Gasteiger partial charge in [0.2, 0.25) is 5.78 Å². The molecule has 0 spiro atoms. The van der Waals surface area contributed by atoms with Crippen LogP contribution in [0.5, 0.6) is 11.5 Å². The van der Waals surface area contributed by atoms with Gasteiger partial charge >= 0.3 is 0 Å². The number of Topliss-reactive ketones (excluding diaryl/α,β-unsaturated/α-hetero) is 1. The van der Waals surface area contributed by atoms with Gasteiger partial charge in [0.1, 0.15) is 17.1 Å². The van der Waals surface area contributed by atoms with Gasteiger partial charge in [-0.25, -0.2) is 0 Å². The summed E-state index contributed by atoms with van der Waals surface area (Å²) in [6.07, 6.45) is 0. The molecular formula is C32H22ClNO5. The van der Waals surface area contributed by atoms with Crippen molar-refractivity contribution in [3.63, 3.8) is 0 Å². The molecule has 1 aliphatic heterocycles. The Morgan fingerprint density at radius 3 is 2.46 bits per heavy atom. The molecule has 192 valence electrons. The Kier molecular flexibility index (Phi) is 6.17. The number of nitrogens with zero attached hydrogens (tertiary/aromatic N) is 1. The molecule has 1 N–H and O–H groups in total. The van der Waals surface area contributed by atoms with Crippen LogP contribution in [0.15, 0.2) is 119 Å². The van der Waals surface area contributed by atoms with Crippen LogP contribution in [0.4, 0.5) is 5.69 Å². The largest absolute Gasteiger partial charge is 0.503 e. The SMILES string of the molecule is Cc1cccc(N2C(=O)C(O)=C(C(=O)c3cc4cc(Cl)ccc4o3)C2c2cccc(Oc3ccccc3)c2)c1. The first kappa shape index (κ1) is 24.5. The van der Waals surface area contributed by atoms with Crippen molar-refractivity contribution < 1.29 is 23.8 Å². The highest BCUT2D eigenvalue weighted by Gasteiger charge is 2.45. The standard InChI is InChI=1S/C32H22ClNO5/c1-19-7-5-9-23(15-19)34-29(20-8-6-12-25(17-20)38-24-10-3-2-4-11-24)28(31(36)32(34)37)30(35)27-18-21-16-22(33)13-14-26(21)39-27/h2-18,29,36H,1H3. The number of aryl methyl sites for hydroxylation is 1. The fourth-order valence-corrected chi connectivity index (χ4v) is 5.01. The molecule has 39 heavy (non-hydrogen) atoms. The number of furan rings is 1. The Balaban J connectivity index is 1.47. The number of amides is 1. The number of halogens is 1. The number of carbonyl (C=O) groups excluding carboxylic acids is 2. The lowest BCUT2D eigenvalue weighted by Gasteiger charge is -2.27. The van der Waals surface area contributed by atoms with Crippen LogP contribution >= 0.6 is 11.6 Å². The molecule has 6 rings (SSSR count). The van der Waals surface area contributed by atoms with E-state index in [0.717, 1.165) is 5.56 Å². The van der Waals surface area contributed by atoms with E-state index in [1.165, 1.54) is 4.90 Å². The van der Waals surface area contributed by atoms with Gasteiger partial charge in [0.15, 0.2) is 11.5 Å². The van der Waals surface area contributed by atoms with Gasteiger partial charge in [-0.05, 0) is 78.7 Å². The van der Waals surface area contributed by atoms with E-state index in [0.29, 0.717) is 38.7 Å². The molecule has 5 aromatic rings. The number of ketones is 1. The molecule has 1 atom stereocenters. The van der Waals surface area contributed by atoms with Gasteiger partial charge in [0, 0.05) is 16.1 Å². The van der Waals surface area contributed by atoms with E-state index >= 15 is 0 Å². The van der Waals surface area contributed by atoms with E-state index in [-0.39, 0.29) is 11.3 Å². The summed E-state index contributed by atoms with van der Waals surface area (Å²) < 4.78 is 11.8. The number of fused-ring (bicyclic) bond motifs is 1. The molecule has 6 nitrogen and oxygen atoms in total. The predicted molar refractivity (Wildman–Crippen MR) is 150 cm³/mol. The molecule has 0 aliphatic carbocycles. The second-order valence-electron chi connectivity index (χ2n) is 9.29. The molecule has 0 saturated carbocycles. The van der Waals surface area contributed by atoms with Crippen molar-refractivity contribution in [3.05, 3.63) is 136 Å². The Bertz CT molecular complexity index is 1770. The minimum atomic E-state index is -0.928. The third-order valence-electron chi connectivity index (χ3n) is 6.59. The lowest BCUT2D eigenvalue weighted by atomic mass is 9.94. The summed E-state index contributed by atoms with van der Waals surface area (Å²) in [4.78, 5) is 28.9. The number of hydrogen-bond acceptors (Lipinski definition) is 5. The number of hydrogen-bond donors (Lipinski definition) is 1. The van der Waals surface area contributed by atoms with Crippen LogP contribution in [0.25, 0.3) is 11.0 Å². The van der Waals surface area contributed by atoms with E-state index in [2.05, 4.69) is 0 Å². The Labute approximate surface area is 229 Å². The summed E-state index contributed by atoms with van der Waals surface area (Å²) in [5.74, 6) is -0.741. The number of para-hydroxylation sites is 1. The first-order chi connectivity index (χ1) is 18.9. The molecule has 1 aliphatic rings. The monoisotopic (exact) mass is 535 g/mol. The average molecular weight is 536 g/mol. The van der Waals surface area contributed by atoms with Crippen LogP contribution in [-0.4, -0.2) is 16.8 Å². The fraction of sp³-hybridized carbons (Fsp3) is 0.0625. The molecule has 2 heterocycles. The Hall–Kier alpha value is -4.81. The summed E-state index contributed by atoms with van der Waals surface area (Å²) in [5.41, 5.74) is 2.45. The van der Waals surface area contributed by atoms with Gasteiger partial charge in [-0.1, -0.05) is 54.1 Å². The molecule has 0 radical (unpaired) electrons. The average Bonchev–Trinajstić information content (AvgIpc) is 3.47. The lowest BCUT2D eigenvalue weighted by Crippen LogP contribution is -2.31. The van der Waals surface area contributed by atoms with Crippen molar-refractivity contribution in [2.75, 3.05) is 4.90 Å². The first-order valence-electron chi connectivity index (χ1n) is 12.3. The quantitative estimate of drug-likeness (QED) is 0.223. The van der Waals surface area contributed by atoms with Crippen molar-refractivity contribution in [3.8, 4) is 11.5 Å². The lowest BCUT2D eigenvalue weighted by molar-refractivity contribution is -0.117. The zero-order valence-corrected chi connectivity index (χ0v) is 21.6. The van der Waals surface area contributed by atoms with Gasteiger partial charge in [-0.3, -0.25) is 14.5 Å². The molecule has 1 amide bonds. The first-order valence-corrected chi connectivity index (χ1v) is 12.7. The maximum Gasteiger partial charge on any atom is 0.294 e. The number of aliphatic hydroxyl groups is 1. The van der Waals surface area contributed by atoms with Gasteiger partial charge < -0.3 is 14.3 Å². The molecule has 1 unspecified atom stereocenters. The third kappa shape index (κ3) is 4.56. The van der Waals surface area contributed by atoms with Crippen LogP contribution < -0.4 is 9.64 Å². The summed E-state index contributed by atoms with van der Waals surface area (Å²) in [6, 6.07) is 29.4. The molecule has 4 aromatic carbocycles.